The predicted molar refractivity (Wildman–Crippen MR) is 76.5 cm³/mol. The monoisotopic (exact) mass is 314 g/mol. The molecule has 0 spiro atoms. The summed E-state index contributed by atoms with van der Waals surface area (Å²) < 4.78 is 24.8. The van der Waals surface area contributed by atoms with Gasteiger partial charge in [-0.1, -0.05) is 6.92 Å². The van der Waals surface area contributed by atoms with E-state index in [1.165, 1.54) is 38.4 Å². The molecule has 1 aromatic rings. The van der Waals surface area contributed by atoms with Gasteiger partial charge in [0.15, 0.2) is 0 Å². The maximum absolute atomic E-state index is 11.9. The molecule has 0 heterocycles. The van der Waals surface area contributed by atoms with E-state index in [0.29, 0.717) is 0 Å². The molecule has 0 aliphatic heterocycles. The molecule has 21 heavy (non-hydrogen) atoms. The highest BCUT2D eigenvalue weighted by molar-refractivity contribution is 7.89. The first kappa shape index (κ1) is 17.1. The van der Waals surface area contributed by atoms with E-state index in [-0.39, 0.29) is 16.9 Å². The molecule has 0 bridgehead atoms. The van der Waals surface area contributed by atoms with Crippen molar-refractivity contribution in [2.75, 3.05) is 14.1 Å². The van der Waals surface area contributed by atoms with Crippen LogP contribution < -0.4 is 5.32 Å². The van der Waals surface area contributed by atoms with E-state index in [4.69, 9.17) is 5.11 Å². The number of aliphatic carboxylic acids is 1. The normalized spacial score (nSPS) is 13.0. The smallest absolute Gasteiger partial charge is 0.326 e. The standard InChI is InChI=1S/C13H18N2O5S/c1-4-11(13(17)18)14-12(16)9-5-7-10(8-6-9)21(19,20)15(2)3/h5-8,11H,4H2,1-3H3,(H,14,16)(H,17,18)/t11-/m0/s1. The minimum atomic E-state index is -3.55. The van der Waals surface area contributed by atoms with E-state index in [2.05, 4.69) is 5.32 Å². The number of benzene rings is 1. The molecule has 1 atom stereocenters. The van der Waals surface area contributed by atoms with Crippen molar-refractivity contribution in [3.05, 3.63) is 29.8 Å². The average Bonchev–Trinajstić information content (AvgIpc) is 2.44. The van der Waals surface area contributed by atoms with Gasteiger partial charge in [-0.3, -0.25) is 4.79 Å². The Labute approximate surface area is 123 Å². The summed E-state index contributed by atoms with van der Waals surface area (Å²) in [6.07, 6.45) is 0.258. The van der Waals surface area contributed by atoms with Crippen molar-refractivity contribution < 1.29 is 23.1 Å². The highest BCUT2D eigenvalue weighted by Crippen LogP contribution is 2.14. The molecule has 0 aliphatic rings. The quantitative estimate of drug-likeness (QED) is 0.797. The fraction of sp³-hybridized carbons (Fsp3) is 0.385. The first-order chi connectivity index (χ1) is 9.70. The van der Waals surface area contributed by atoms with Crippen LogP contribution in [0.4, 0.5) is 0 Å². The number of carbonyl (C=O) groups excluding carboxylic acids is 1. The molecule has 0 aromatic heterocycles. The summed E-state index contributed by atoms with van der Waals surface area (Å²) in [7, 11) is -0.730. The topological polar surface area (TPSA) is 104 Å². The Morgan fingerprint density at radius 2 is 1.76 bits per heavy atom. The Hall–Kier alpha value is -1.93. The number of hydrogen-bond acceptors (Lipinski definition) is 4. The summed E-state index contributed by atoms with van der Waals surface area (Å²) in [6.45, 7) is 1.64. The number of sulfonamides is 1. The zero-order valence-corrected chi connectivity index (χ0v) is 12.8. The van der Waals surface area contributed by atoms with Crippen LogP contribution in [0.15, 0.2) is 29.2 Å². The highest BCUT2D eigenvalue weighted by atomic mass is 32.2. The Morgan fingerprint density at radius 1 is 1.24 bits per heavy atom. The van der Waals surface area contributed by atoms with Crippen molar-refractivity contribution in [3.63, 3.8) is 0 Å². The zero-order chi connectivity index (χ0) is 16.2. The Balaban J connectivity index is 2.93. The van der Waals surface area contributed by atoms with Gasteiger partial charge in [0.05, 0.1) is 4.90 Å². The summed E-state index contributed by atoms with van der Waals surface area (Å²) >= 11 is 0. The Kier molecular flexibility index (Phi) is 5.45. The third-order valence-corrected chi connectivity index (χ3v) is 4.74. The van der Waals surface area contributed by atoms with Crippen molar-refractivity contribution in [2.45, 2.75) is 24.3 Å². The molecule has 2 N–H and O–H groups in total. The molecule has 0 radical (unpaired) electrons. The second-order valence-electron chi connectivity index (χ2n) is 4.58. The van der Waals surface area contributed by atoms with Crippen LogP contribution in [0.5, 0.6) is 0 Å². The van der Waals surface area contributed by atoms with Crippen molar-refractivity contribution in [1.82, 2.24) is 9.62 Å². The fourth-order valence-electron chi connectivity index (χ4n) is 1.57. The van der Waals surface area contributed by atoms with E-state index < -0.39 is 27.9 Å². The second-order valence-corrected chi connectivity index (χ2v) is 6.74. The Morgan fingerprint density at radius 3 is 2.14 bits per heavy atom. The van der Waals surface area contributed by atoms with Gasteiger partial charge in [0.1, 0.15) is 6.04 Å². The number of nitrogens with one attached hydrogen (secondary N) is 1. The molecule has 8 heteroatoms. The number of nitrogens with zero attached hydrogens (tertiary/aromatic N) is 1. The maximum atomic E-state index is 11.9. The van der Waals surface area contributed by atoms with Gasteiger partial charge in [0.25, 0.3) is 5.91 Å². The van der Waals surface area contributed by atoms with Gasteiger partial charge in [-0.2, -0.15) is 0 Å². The van der Waals surface area contributed by atoms with Crippen LogP contribution in [-0.4, -0.2) is 49.8 Å². The van der Waals surface area contributed by atoms with Gasteiger partial charge in [-0.15, -0.1) is 0 Å². The number of rotatable bonds is 6. The Bertz CT molecular complexity index is 622. The summed E-state index contributed by atoms with van der Waals surface area (Å²) in [5.74, 6) is -1.67. The average molecular weight is 314 g/mol. The van der Waals surface area contributed by atoms with Crippen LogP contribution in [-0.2, 0) is 14.8 Å². The molecule has 0 unspecified atom stereocenters. The van der Waals surface area contributed by atoms with Gasteiger partial charge in [0.2, 0.25) is 10.0 Å². The number of carboxylic acid groups (broad SMARTS) is 1. The number of hydrogen-bond donors (Lipinski definition) is 2. The number of carboxylic acids is 1. The summed E-state index contributed by atoms with van der Waals surface area (Å²) in [5, 5.41) is 11.2. The van der Waals surface area contributed by atoms with E-state index >= 15 is 0 Å². The zero-order valence-electron chi connectivity index (χ0n) is 12.0. The minimum Gasteiger partial charge on any atom is -0.480 e. The molecular formula is C13H18N2O5S. The van der Waals surface area contributed by atoms with Crippen molar-refractivity contribution in [2.24, 2.45) is 0 Å². The summed E-state index contributed by atoms with van der Waals surface area (Å²) in [5.41, 5.74) is 0.201. The first-order valence-electron chi connectivity index (χ1n) is 6.26. The molecule has 0 aliphatic carbocycles. The van der Waals surface area contributed by atoms with E-state index in [9.17, 15) is 18.0 Å². The van der Waals surface area contributed by atoms with Gasteiger partial charge < -0.3 is 10.4 Å². The van der Waals surface area contributed by atoms with Crippen LogP contribution in [0.2, 0.25) is 0 Å². The lowest BCUT2D eigenvalue weighted by atomic mass is 10.1. The fourth-order valence-corrected chi connectivity index (χ4v) is 2.47. The summed E-state index contributed by atoms with van der Waals surface area (Å²) in [4.78, 5) is 22.8. The number of amides is 1. The first-order valence-corrected chi connectivity index (χ1v) is 7.70. The van der Waals surface area contributed by atoms with Crippen molar-refractivity contribution in [3.8, 4) is 0 Å². The molecule has 1 amide bonds. The van der Waals surface area contributed by atoms with E-state index in [1.807, 2.05) is 0 Å². The predicted octanol–water partition coefficient (Wildman–Crippen LogP) is 0.530. The van der Waals surface area contributed by atoms with Crippen molar-refractivity contribution in [1.29, 1.82) is 0 Å². The molecule has 7 nitrogen and oxygen atoms in total. The van der Waals surface area contributed by atoms with Crippen molar-refractivity contribution >= 4 is 21.9 Å². The lowest BCUT2D eigenvalue weighted by Gasteiger charge is -2.13. The van der Waals surface area contributed by atoms with Gasteiger partial charge in [-0.05, 0) is 30.7 Å². The SMILES string of the molecule is CC[C@H](NC(=O)c1ccc(S(=O)(=O)N(C)C)cc1)C(=O)O. The second kappa shape index (κ2) is 6.68. The molecular weight excluding hydrogens is 296 g/mol. The van der Waals surface area contributed by atoms with E-state index in [0.717, 1.165) is 4.31 Å². The maximum Gasteiger partial charge on any atom is 0.326 e. The molecule has 0 saturated carbocycles. The molecule has 1 aromatic carbocycles. The minimum absolute atomic E-state index is 0.0642. The lowest BCUT2D eigenvalue weighted by molar-refractivity contribution is -0.139. The summed E-state index contributed by atoms with van der Waals surface area (Å²) in [6, 6.07) is 4.35. The van der Waals surface area contributed by atoms with Gasteiger partial charge >= 0.3 is 5.97 Å². The van der Waals surface area contributed by atoms with E-state index in [1.54, 1.807) is 6.92 Å². The molecule has 0 saturated heterocycles. The van der Waals surface area contributed by atoms with Crippen LogP contribution in [0.3, 0.4) is 0 Å². The van der Waals surface area contributed by atoms with Gasteiger partial charge in [0, 0.05) is 19.7 Å². The van der Waals surface area contributed by atoms with Crippen LogP contribution >= 0.6 is 0 Å². The third-order valence-electron chi connectivity index (χ3n) is 2.91. The van der Waals surface area contributed by atoms with Crippen LogP contribution in [0, 0.1) is 0 Å². The number of carbonyl (C=O) groups is 2. The largest absolute Gasteiger partial charge is 0.480 e. The molecule has 116 valence electrons. The van der Waals surface area contributed by atoms with Crippen LogP contribution in [0.25, 0.3) is 0 Å². The lowest BCUT2D eigenvalue weighted by Crippen LogP contribution is -2.40. The van der Waals surface area contributed by atoms with Gasteiger partial charge in [-0.25, -0.2) is 17.5 Å². The molecule has 0 fully saturated rings. The third kappa shape index (κ3) is 4.02. The van der Waals surface area contributed by atoms with Crippen LogP contribution in [0.1, 0.15) is 23.7 Å². The highest BCUT2D eigenvalue weighted by Gasteiger charge is 2.20. The molecule has 1 rings (SSSR count).